The Kier molecular flexibility index (Phi) is 7.09. The predicted octanol–water partition coefficient (Wildman–Crippen LogP) is 8.14. The number of hydrogen-bond donors (Lipinski definition) is 2. The van der Waals surface area contributed by atoms with E-state index in [0.717, 1.165) is 38.9 Å². The van der Waals surface area contributed by atoms with Crippen molar-refractivity contribution in [3.63, 3.8) is 0 Å². The van der Waals surface area contributed by atoms with Crippen LogP contribution in [0.25, 0.3) is 22.3 Å². The van der Waals surface area contributed by atoms with E-state index in [0.29, 0.717) is 11.5 Å². The zero-order chi connectivity index (χ0) is 25.6. The molecule has 0 atom stereocenters. The molecule has 0 saturated carbocycles. The van der Waals surface area contributed by atoms with Gasteiger partial charge in [0.2, 0.25) is 0 Å². The maximum absolute atomic E-state index is 11.4. The second kappa shape index (κ2) is 9.12. The zero-order valence-corrected chi connectivity index (χ0v) is 24.9. The molecule has 0 unspecified atom stereocenters. The molecular weight excluding hydrogens is 588 g/mol. The van der Waals surface area contributed by atoms with Crippen LogP contribution in [0, 0.1) is 5.41 Å². The molecule has 3 aromatic rings. The fraction of sp³-hybridized carbons (Fsp3) is 0.387. The van der Waals surface area contributed by atoms with Crippen LogP contribution in [0.2, 0.25) is 0 Å². The third-order valence-electron chi connectivity index (χ3n) is 6.24. The standard InChI is InChI=1S/C31H38O2.W/c1-29(2,3)19-24-20(22-15-11-17-25(27(22)32)30(4,5)6)13-10-14-21(24)23-16-12-18-26(28(23)33)31(7,8)9;/h10-18,32-33H,1-9H3;. The summed E-state index contributed by atoms with van der Waals surface area (Å²) in [6, 6.07) is 18.3. The first-order valence-electron chi connectivity index (χ1n) is 11.9. The average Bonchev–Trinajstić information content (AvgIpc) is 2.70. The first-order chi connectivity index (χ1) is 15.5. The second-order valence-corrected chi connectivity index (χ2v) is 13.7. The van der Waals surface area contributed by atoms with Gasteiger partial charge < -0.3 is 0 Å². The molecule has 0 heterocycles. The Morgan fingerprint density at radius 3 is 1.21 bits per heavy atom. The van der Waals surface area contributed by atoms with Gasteiger partial charge >= 0.3 is 217 Å². The molecule has 0 spiro atoms. The van der Waals surface area contributed by atoms with Gasteiger partial charge in [0.1, 0.15) is 0 Å². The Labute approximate surface area is 216 Å². The van der Waals surface area contributed by atoms with Crippen molar-refractivity contribution in [1.82, 2.24) is 0 Å². The van der Waals surface area contributed by atoms with Crippen LogP contribution in [-0.2, 0) is 30.2 Å². The van der Waals surface area contributed by atoms with Crippen molar-refractivity contribution in [2.45, 2.75) is 73.1 Å². The molecule has 0 saturated heterocycles. The predicted molar refractivity (Wildman–Crippen MR) is 142 cm³/mol. The Morgan fingerprint density at radius 1 is 0.559 bits per heavy atom. The molecule has 0 radical (unpaired) electrons. The Hall–Kier alpha value is -2.18. The van der Waals surface area contributed by atoms with Crippen molar-refractivity contribution in [2.75, 3.05) is 0 Å². The second-order valence-electron chi connectivity index (χ2n) is 12.2. The van der Waals surface area contributed by atoms with Gasteiger partial charge in [0.05, 0.1) is 0 Å². The number of benzene rings is 3. The molecular formula is C31H38O2W. The molecule has 2 nitrogen and oxygen atoms in total. The molecule has 0 aliphatic carbocycles. The summed E-state index contributed by atoms with van der Waals surface area (Å²) >= 11 is 1.38. The van der Waals surface area contributed by atoms with Gasteiger partial charge in [-0.05, 0) is 0 Å². The number of aromatic hydroxyl groups is 2. The summed E-state index contributed by atoms with van der Waals surface area (Å²) in [6.07, 6.45) is 0. The van der Waals surface area contributed by atoms with Crippen LogP contribution in [0.5, 0.6) is 11.5 Å². The maximum atomic E-state index is 11.4. The molecule has 3 heteroatoms. The molecule has 3 rings (SSSR count). The summed E-state index contributed by atoms with van der Waals surface area (Å²) in [5, 5.41) is 22.8. The van der Waals surface area contributed by atoms with Crippen molar-refractivity contribution in [2.24, 2.45) is 5.41 Å². The molecule has 0 aliphatic rings. The average molecular weight is 626 g/mol. The van der Waals surface area contributed by atoms with Gasteiger partial charge in [-0.15, -0.1) is 0 Å². The fourth-order valence-corrected chi connectivity index (χ4v) is 5.14. The van der Waals surface area contributed by atoms with Gasteiger partial charge in [0.15, 0.2) is 0 Å². The fourth-order valence-electron chi connectivity index (χ4n) is 4.35. The minimum absolute atomic E-state index is 0.0608. The molecule has 0 bridgehead atoms. The van der Waals surface area contributed by atoms with Gasteiger partial charge in [-0.2, -0.15) is 0 Å². The van der Waals surface area contributed by atoms with E-state index in [4.69, 9.17) is 0 Å². The van der Waals surface area contributed by atoms with E-state index >= 15 is 0 Å². The van der Waals surface area contributed by atoms with Gasteiger partial charge in [-0.3, -0.25) is 0 Å². The molecule has 0 aliphatic heterocycles. The first kappa shape index (κ1) is 26.4. The molecule has 180 valence electrons. The van der Waals surface area contributed by atoms with Crippen molar-refractivity contribution >= 4 is 3.90 Å². The first-order valence-corrected chi connectivity index (χ1v) is 13.4. The van der Waals surface area contributed by atoms with Gasteiger partial charge in [0, 0.05) is 0 Å². The molecule has 0 aromatic heterocycles. The quantitative estimate of drug-likeness (QED) is 0.308. The summed E-state index contributed by atoms with van der Waals surface area (Å²) in [7, 11) is 0. The van der Waals surface area contributed by atoms with E-state index < -0.39 is 0 Å². The normalized spacial score (nSPS) is 12.6. The summed E-state index contributed by atoms with van der Waals surface area (Å²) in [4.78, 5) is 0. The number of phenolic OH excluding ortho intramolecular Hbond substituents is 2. The van der Waals surface area contributed by atoms with Crippen molar-refractivity contribution in [1.29, 1.82) is 0 Å². The van der Waals surface area contributed by atoms with Crippen LogP contribution in [0.1, 0.15) is 79.0 Å². The molecule has 0 fully saturated rings. The molecule has 0 amide bonds. The van der Waals surface area contributed by atoms with Crippen LogP contribution in [0.4, 0.5) is 0 Å². The van der Waals surface area contributed by atoms with Crippen molar-refractivity contribution in [3.05, 3.63) is 71.3 Å². The van der Waals surface area contributed by atoms with Crippen LogP contribution < -0.4 is 0 Å². The Bertz CT molecular complexity index is 1150. The number of para-hydroxylation sites is 2. The Balaban J connectivity index is 2.43. The van der Waals surface area contributed by atoms with Crippen LogP contribution >= 0.6 is 0 Å². The van der Waals surface area contributed by atoms with E-state index in [2.05, 4.69) is 74.4 Å². The minimum atomic E-state index is -0.175. The van der Waals surface area contributed by atoms with E-state index in [1.807, 2.05) is 42.5 Å². The van der Waals surface area contributed by atoms with E-state index in [9.17, 15) is 10.2 Å². The Morgan fingerprint density at radius 2 is 0.882 bits per heavy atom. The summed E-state index contributed by atoms with van der Waals surface area (Å²) in [6.45, 7) is 19.4. The summed E-state index contributed by atoms with van der Waals surface area (Å²) in [5.74, 6) is 0.663. The van der Waals surface area contributed by atoms with Crippen molar-refractivity contribution in [3.8, 4) is 33.8 Å². The topological polar surface area (TPSA) is 40.5 Å². The molecule has 2 N–H and O–H groups in total. The number of rotatable bonds is 3. The third kappa shape index (κ3) is 5.08. The van der Waals surface area contributed by atoms with Gasteiger partial charge in [-0.1, -0.05) is 0 Å². The van der Waals surface area contributed by atoms with Crippen molar-refractivity contribution < 1.29 is 29.6 Å². The van der Waals surface area contributed by atoms with Crippen LogP contribution in [-0.4, -0.2) is 14.1 Å². The number of hydrogen-bond acceptors (Lipinski definition) is 2. The summed E-state index contributed by atoms with van der Waals surface area (Å²) < 4.78 is 1.29. The van der Waals surface area contributed by atoms with E-state index in [1.165, 1.54) is 23.3 Å². The van der Waals surface area contributed by atoms with E-state index in [-0.39, 0.29) is 16.2 Å². The third-order valence-corrected chi connectivity index (χ3v) is 9.17. The van der Waals surface area contributed by atoms with Crippen LogP contribution in [0.15, 0.2) is 54.6 Å². The molecule has 3 aromatic carbocycles. The SMILES string of the molecule is CC(C)(C)[C](=[W])c1c(-c2cccc(C(C)(C)C)c2O)cccc1-c1cccc(C(C)(C)C)c1O. The number of phenols is 2. The van der Waals surface area contributed by atoms with Gasteiger partial charge in [0.25, 0.3) is 0 Å². The van der Waals surface area contributed by atoms with Crippen LogP contribution in [0.3, 0.4) is 0 Å². The monoisotopic (exact) mass is 626 g/mol. The van der Waals surface area contributed by atoms with Gasteiger partial charge in [-0.25, -0.2) is 0 Å². The zero-order valence-electron chi connectivity index (χ0n) is 22.0. The summed E-state index contributed by atoms with van der Waals surface area (Å²) in [5.41, 5.74) is 6.22. The van der Waals surface area contributed by atoms with E-state index in [1.54, 1.807) is 0 Å². The molecule has 34 heavy (non-hydrogen) atoms.